The van der Waals surface area contributed by atoms with E-state index in [1.54, 1.807) is 0 Å². The van der Waals surface area contributed by atoms with E-state index in [1.807, 2.05) is 55.5 Å². The highest BCUT2D eigenvalue weighted by molar-refractivity contribution is 14.1. The van der Waals surface area contributed by atoms with Gasteiger partial charge in [0, 0.05) is 14.9 Å². The molecule has 104 valence electrons. The lowest BCUT2D eigenvalue weighted by Crippen LogP contribution is -2.18. The smallest absolute Gasteiger partial charge is 0.175 e. The van der Waals surface area contributed by atoms with Gasteiger partial charge in [0.05, 0.1) is 6.61 Å². The molecule has 0 aliphatic rings. The summed E-state index contributed by atoms with van der Waals surface area (Å²) in [4.78, 5) is 0. The molecule has 0 fully saturated rings. The third-order valence-electron chi connectivity index (χ3n) is 2.53. The van der Waals surface area contributed by atoms with Crippen molar-refractivity contribution in [2.45, 2.75) is 6.92 Å². The van der Waals surface area contributed by atoms with Crippen LogP contribution in [-0.2, 0) is 0 Å². The highest BCUT2D eigenvalue weighted by atomic mass is 127. The summed E-state index contributed by atoms with van der Waals surface area (Å²) in [7, 11) is 0. The Morgan fingerprint density at radius 3 is 2.00 bits per heavy atom. The molecule has 2 aromatic rings. The molecule has 0 aliphatic carbocycles. The lowest BCUT2D eigenvalue weighted by Gasteiger charge is -2.11. The summed E-state index contributed by atoms with van der Waals surface area (Å²) in [5.74, 6) is 0.856. The van der Waals surface area contributed by atoms with E-state index < -0.39 is 0 Å². The van der Waals surface area contributed by atoms with Gasteiger partial charge in [0.2, 0.25) is 0 Å². The van der Waals surface area contributed by atoms with E-state index in [9.17, 15) is 0 Å². The Labute approximate surface area is 137 Å². The Kier molecular flexibility index (Phi) is 5.60. The van der Waals surface area contributed by atoms with Crippen LogP contribution in [0.3, 0.4) is 0 Å². The average Bonchev–Trinajstić information content (AvgIpc) is 2.44. The molecule has 0 radical (unpaired) electrons. The van der Waals surface area contributed by atoms with Crippen molar-refractivity contribution in [3.8, 4) is 5.75 Å². The molecule has 0 amide bonds. The number of hydrogen-bond acceptors (Lipinski definition) is 2. The zero-order valence-electron chi connectivity index (χ0n) is 11.0. The predicted molar refractivity (Wildman–Crippen MR) is 96.6 cm³/mol. The van der Waals surface area contributed by atoms with Crippen LogP contribution in [0, 0.1) is 3.57 Å². The molecule has 0 heterocycles. The summed E-state index contributed by atoms with van der Waals surface area (Å²) in [5, 5.41) is 6.85. The fourth-order valence-corrected chi connectivity index (χ4v) is 2.22. The molecule has 20 heavy (non-hydrogen) atoms. The van der Waals surface area contributed by atoms with Crippen molar-refractivity contribution in [1.82, 2.24) is 0 Å². The summed E-state index contributed by atoms with van der Waals surface area (Å²) in [6.07, 6.45) is 0. The number of rotatable bonds is 4. The van der Waals surface area contributed by atoms with E-state index in [0.29, 0.717) is 11.7 Å². The number of anilines is 2. The number of ether oxygens (including phenoxy) is 1. The first kappa shape index (κ1) is 15.1. The van der Waals surface area contributed by atoms with Gasteiger partial charge in [-0.1, -0.05) is 0 Å². The van der Waals surface area contributed by atoms with Gasteiger partial charge in [0.1, 0.15) is 5.75 Å². The molecule has 0 spiro atoms. The van der Waals surface area contributed by atoms with Crippen LogP contribution in [0.25, 0.3) is 0 Å². The third-order valence-corrected chi connectivity index (χ3v) is 3.45. The highest BCUT2D eigenvalue weighted by Crippen LogP contribution is 2.16. The lowest BCUT2D eigenvalue weighted by molar-refractivity contribution is 0.340. The van der Waals surface area contributed by atoms with Crippen LogP contribution in [0.1, 0.15) is 6.92 Å². The second-order valence-corrected chi connectivity index (χ2v) is 5.70. The molecule has 2 rings (SSSR count). The summed E-state index contributed by atoms with van der Waals surface area (Å²) in [6, 6.07) is 15.8. The normalized spacial score (nSPS) is 9.90. The largest absolute Gasteiger partial charge is 0.494 e. The predicted octanol–water partition coefficient (Wildman–Crippen LogP) is 4.50. The minimum Gasteiger partial charge on any atom is -0.494 e. The monoisotopic (exact) mass is 398 g/mol. The third kappa shape index (κ3) is 4.64. The molecule has 3 nitrogen and oxygen atoms in total. The Bertz CT molecular complexity index is 569. The quantitative estimate of drug-likeness (QED) is 0.587. The Balaban J connectivity index is 1.92. The SMILES string of the molecule is CCOc1ccc(NC(=S)Nc2ccc(I)cc2)cc1. The fraction of sp³-hybridized carbons (Fsp3) is 0.133. The molecule has 0 atom stereocenters. The molecular weight excluding hydrogens is 383 g/mol. The molecule has 0 aliphatic heterocycles. The van der Waals surface area contributed by atoms with Crippen molar-refractivity contribution < 1.29 is 4.74 Å². The average molecular weight is 398 g/mol. The molecule has 2 aromatic carbocycles. The first-order chi connectivity index (χ1) is 9.67. The minimum atomic E-state index is 0.565. The first-order valence-electron chi connectivity index (χ1n) is 6.24. The van der Waals surface area contributed by atoms with Gasteiger partial charge in [-0.05, 0) is 90.3 Å². The van der Waals surface area contributed by atoms with E-state index in [1.165, 1.54) is 3.57 Å². The van der Waals surface area contributed by atoms with Crippen molar-refractivity contribution in [2.24, 2.45) is 0 Å². The van der Waals surface area contributed by atoms with Gasteiger partial charge in [0.25, 0.3) is 0 Å². The second kappa shape index (κ2) is 7.44. The Morgan fingerprint density at radius 2 is 1.50 bits per heavy atom. The number of nitrogens with one attached hydrogen (secondary N) is 2. The van der Waals surface area contributed by atoms with E-state index in [-0.39, 0.29) is 0 Å². The van der Waals surface area contributed by atoms with Gasteiger partial charge in [-0.15, -0.1) is 0 Å². The Morgan fingerprint density at radius 1 is 1.00 bits per heavy atom. The van der Waals surface area contributed by atoms with Crippen molar-refractivity contribution in [1.29, 1.82) is 0 Å². The van der Waals surface area contributed by atoms with Crippen LogP contribution in [0.2, 0.25) is 0 Å². The molecule has 0 unspecified atom stereocenters. The minimum absolute atomic E-state index is 0.565. The van der Waals surface area contributed by atoms with Gasteiger partial charge in [-0.3, -0.25) is 0 Å². The number of benzene rings is 2. The van der Waals surface area contributed by atoms with E-state index in [4.69, 9.17) is 17.0 Å². The molecule has 2 N–H and O–H groups in total. The van der Waals surface area contributed by atoms with Gasteiger partial charge in [-0.25, -0.2) is 0 Å². The van der Waals surface area contributed by atoms with Crippen molar-refractivity contribution >= 4 is 51.3 Å². The summed E-state index contributed by atoms with van der Waals surface area (Å²) in [5.41, 5.74) is 1.89. The summed E-state index contributed by atoms with van der Waals surface area (Å²) < 4.78 is 6.59. The van der Waals surface area contributed by atoms with Crippen LogP contribution in [0.5, 0.6) is 5.75 Å². The van der Waals surface area contributed by atoms with Gasteiger partial charge < -0.3 is 15.4 Å². The van der Waals surface area contributed by atoms with E-state index in [0.717, 1.165) is 17.1 Å². The van der Waals surface area contributed by atoms with Crippen molar-refractivity contribution in [3.63, 3.8) is 0 Å². The zero-order valence-corrected chi connectivity index (χ0v) is 14.0. The number of thiocarbonyl (C=S) groups is 1. The van der Waals surface area contributed by atoms with Crippen LogP contribution < -0.4 is 15.4 Å². The van der Waals surface area contributed by atoms with Crippen LogP contribution >= 0.6 is 34.8 Å². The van der Waals surface area contributed by atoms with E-state index >= 15 is 0 Å². The van der Waals surface area contributed by atoms with Crippen LogP contribution in [-0.4, -0.2) is 11.7 Å². The topological polar surface area (TPSA) is 33.3 Å². The molecule has 5 heteroatoms. The molecular formula is C15H15IN2OS. The van der Waals surface area contributed by atoms with Gasteiger partial charge in [0.15, 0.2) is 5.11 Å². The lowest BCUT2D eigenvalue weighted by atomic mass is 10.3. The number of hydrogen-bond donors (Lipinski definition) is 2. The second-order valence-electron chi connectivity index (χ2n) is 4.04. The maximum absolute atomic E-state index is 5.40. The molecule has 0 bridgehead atoms. The van der Waals surface area contributed by atoms with Gasteiger partial charge >= 0.3 is 0 Å². The van der Waals surface area contributed by atoms with E-state index in [2.05, 4.69) is 33.2 Å². The zero-order chi connectivity index (χ0) is 14.4. The van der Waals surface area contributed by atoms with Crippen molar-refractivity contribution in [2.75, 3.05) is 17.2 Å². The first-order valence-corrected chi connectivity index (χ1v) is 7.72. The summed E-state index contributed by atoms with van der Waals surface area (Å²) in [6.45, 7) is 2.63. The fourth-order valence-electron chi connectivity index (χ4n) is 1.63. The maximum atomic E-state index is 5.40. The van der Waals surface area contributed by atoms with Crippen LogP contribution in [0.15, 0.2) is 48.5 Å². The number of halogens is 1. The molecule has 0 saturated heterocycles. The summed E-state index contributed by atoms with van der Waals surface area (Å²) >= 11 is 7.55. The highest BCUT2D eigenvalue weighted by Gasteiger charge is 1.99. The Hall–Kier alpha value is -1.34. The van der Waals surface area contributed by atoms with Crippen molar-refractivity contribution in [3.05, 3.63) is 52.1 Å². The molecule has 0 aromatic heterocycles. The molecule has 0 saturated carbocycles. The maximum Gasteiger partial charge on any atom is 0.175 e. The standard InChI is InChI=1S/C15H15IN2OS/c1-2-19-14-9-7-13(8-10-14)18-15(20)17-12-5-3-11(16)4-6-12/h3-10H,2H2,1H3,(H2,17,18,20). The van der Waals surface area contributed by atoms with Crippen LogP contribution in [0.4, 0.5) is 11.4 Å². The van der Waals surface area contributed by atoms with Gasteiger partial charge in [-0.2, -0.15) is 0 Å².